The van der Waals surface area contributed by atoms with E-state index in [1.807, 2.05) is 0 Å². The van der Waals surface area contributed by atoms with Gasteiger partial charge < -0.3 is 15.7 Å². The van der Waals surface area contributed by atoms with Gasteiger partial charge in [-0.05, 0) is 12.1 Å². The zero-order valence-electron chi connectivity index (χ0n) is 10.3. The van der Waals surface area contributed by atoms with Crippen LogP contribution in [0.15, 0.2) is 28.7 Å². The van der Waals surface area contributed by atoms with Crippen LogP contribution in [-0.2, 0) is 0 Å². The van der Waals surface area contributed by atoms with Gasteiger partial charge in [0.1, 0.15) is 6.10 Å². The van der Waals surface area contributed by atoms with E-state index in [-0.39, 0.29) is 24.0 Å². The Balaban J connectivity index is 0.00000324. The van der Waals surface area contributed by atoms with Crippen LogP contribution in [0.2, 0.25) is 4.34 Å². The monoisotopic (exact) mass is 435 g/mol. The number of hydrogen-bond acceptors (Lipinski definition) is 3. The first kappa shape index (κ1) is 19.0. The van der Waals surface area contributed by atoms with E-state index in [2.05, 4.69) is 22.2 Å². The van der Waals surface area contributed by atoms with Gasteiger partial charge in [-0.1, -0.05) is 29.8 Å². The van der Waals surface area contributed by atoms with Crippen LogP contribution in [0.1, 0.15) is 11.0 Å². The maximum absolute atomic E-state index is 9.92. The van der Waals surface area contributed by atoms with Crippen LogP contribution >= 0.6 is 58.5 Å². The van der Waals surface area contributed by atoms with Crippen molar-refractivity contribution >= 4 is 64.5 Å². The number of aliphatic hydroxyl groups is 1. The van der Waals surface area contributed by atoms with E-state index >= 15 is 0 Å². The van der Waals surface area contributed by atoms with Gasteiger partial charge in [0.15, 0.2) is 5.96 Å². The number of hydrogen-bond donors (Lipinski definition) is 3. The number of aliphatic imine (C=N–C) groups is 1. The van der Waals surface area contributed by atoms with Gasteiger partial charge in [-0.25, -0.2) is 0 Å². The van der Waals surface area contributed by atoms with Crippen molar-refractivity contribution < 1.29 is 5.11 Å². The van der Waals surface area contributed by atoms with E-state index in [1.54, 1.807) is 19.2 Å². The maximum atomic E-state index is 9.92. The summed E-state index contributed by atoms with van der Waals surface area (Å²) in [5, 5.41) is 16.3. The van der Waals surface area contributed by atoms with Crippen LogP contribution in [0.3, 0.4) is 0 Å². The first-order chi connectivity index (χ1) is 8.52. The molecule has 1 aromatic heterocycles. The van der Waals surface area contributed by atoms with E-state index < -0.39 is 6.10 Å². The number of guanidine groups is 1. The standard InChI is InChI=1S/C11H15Cl2N3OS.HI/c1-7(12)5-15-11(14-2)16-6-8(17)9-3-4-10(13)18-9;/h3-4,8,17H,1,5-6H2,2H3,(H2,14,15,16);1H. The third kappa shape index (κ3) is 7.36. The molecule has 108 valence electrons. The van der Waals surface area contributed by atoms with Crippen molar-refractivity contribution in [3.8, 4) is 0 Å². The smallest absolute Gasteiger partial charge is 0.191 e. The summed E-state index contributed by atoms with van der Waals surface area (Å²) >= 11 is 12.8. The summed E-state index contributed by atoms with van der Waals surface area (Å²) in [6, 6.07) is 3.56. The van der Waals surface area contributed by atoms with Crippen molar-refractivity contribution in [3.05, 3.63) is 33.0 Å². The second-order valence-electron chi connectivity index (χ2n) is 3.48. The Labute approximate surface area is 143 Å². The molecule has 1 atom stereocenters. The molecule has 0 saturated heterocycles. The van der Waals surface area contributed by atoms with Gasteiger partial charge in [0, 0.05) is 23.5 Å². The predicted octanol–water partition coefficient (Wildman–Crippen LogP) is 2.97. The minimum atomic E-state index is -0.625. The number of nitrogens with zero attached hydrogens (tertiary/aromatic N) is 1. The zero-order chi connectivity index (χ0) is 13.5. The summed E-state index contributed by atoms with van der Waals surface area (Å²) < 4.78 is 0.657. The normalized spacial score (nSPS) is 12.5. The average Bonchev–Trinajstić information content (AvgIpc) is 2.75. The van der Waals surface area contributed by atoms with Crippen LogP contribution in [0, 0.1) is 0 Å². The lowest BCUT2D eigenvalue weighted by molar-refractivity contribution is 0.184. The Morgan fingerprint density at radius 1 is 1.53 bits per heavy atom. The zero-order valence-corrected chi connectivity index (χ0v) is 15.0. The van der Waals surface area contributed by atoms with Gasteiger partial charge in [-0.2, -0.15) is 0 Å². The maximum Gasteiger partial charge on any atom is 0.191 e. The predicted molar refractivity (Wildman–Crippen MR) is 94.1 cm³/mol. The van der Waals surface area contributed by atoms with E-state index in [0.29, 0.717) is 28.4 Å². The highest BCUT2D eigenvalue weighted by atomic mass is 127. The molecule has 1 heterocycles. The fourth-order valence-corrected chi connectivity index (χ4v) is 2.32. The number of halogens is 3. The SMILES string of the molecule is C=C(Cl)CNC(=NC)NCC(O)c1ccc(Cl)s1.I. The molecular weight excluding hydrogens is 420 g/mol. The van der Waals surface area contributed by atoms with Crippen molar-refractivity contribution in [2.75, 3.05) is 20.1 Å². The summed E-state index contributed by atoms with van der Waals surface area (Å²) in [7, 11) is 1.64. The van der Waals surface area contributed by atoms with Crippen LogP contribution in [0.5, 0.6) is 0 Å². The Hall–Kier alpha value is -0.0200. The second kappa shape index (κ2) is 9.82. The summed E-state index contributed by atoms with van der Waals surface area (Å²) in [5.74, 6) is 0.554. The lowest BCUT2D eigenvalue weighted by Gasteiger charge is -2.14. The molecule has 1 aromatic rings. The van der Waals surface area contributed by atoms with Gasteiger partial charge >= 0.3 is 0 Å². The average molecular weight is 436 g/mol. The number of nitrogens with one attached hydrogen (secondary N) is 2. The lowest BCUT2D eigenvalue weighted by Crippen LogP contribution is -2.39. The van der Waals surface area contributed by atoms with Crippen molar-refractivity contribution in [2.24, 2.45) is 4.99 Å². The molecule has 0 aliphatic heterocycles. The van der Waals surface area contributed by atoms with Crippen LogP contribution in [0.4, 0.5) is 0 Å². The molecule has 0 radical (unpaired) electrons. The summed E-state index contributed by atoms with van der Waals surface area (Å²) in [6.45, 7) is 4.32. The molecular formula is C11H16Cl2IN3OS. The van der Waals surface area contributed by atoms with Crippen LogP contribution in [-0.4, -0.2) is 31.2 Å². The molecule has 0 aliphatic rings. The molecule has 0 fully saturated rings. The Kier molecular flexibility index (Phi) is 9.81. The number of thiophene rings is 1. The third-order valence-corrected chi connectivity index (χ3v) is 3.52. The third-order valence-electron chi connectivity index (χ3n) is 2.06. The topological polar surface area (TPSA) is 56.7 Å². The molecule has 8 heteroatoms. The summed E-state index contributed by atoms with van der Waals surface area (Å²) in [6.07, 6.45) is -0.625. The molecule has 0 aromatic carbocycles. The van der Waals surface area contributed by atoms with E-state index in [0.717, 1.165) is 4.88 Å². The molecule has 4 nitrogen and oxygen atoms in total. The van der Waals surface area contributed by atoms with E-state index in [1.165, 1.54) is 11.3 Å². The fourth-order valence-electron chi connectivity index (χ4n) is 1.20. The van der Waals surface area contributed by atoms with Gasteiger partial charge in [-0.3, -0.25) is 4.99 Å². The highest BCUT2D eigenvalue weighted by molar-refractivity contribution is 14.0. The molecule has 0 spiro atoms. The molecule has 3 N–H and O–H groups in total. The van der Waals surface area contributed by atoms with Crippen LogP contribution < -0.4 is 10.6 Å². The van der Waals surface area contributed by atoms with Gasteiger partial charge in [-0.15, -0.1) is 35.3 Å². The van der Waals surface area contributed by atoms with Gasteiger partial charge in [0.25, 0.3) is 0 Å². The number of aliphatic hydroxyl groups excluding tert-OH is 1. The van der Waals surface area contributed by atoms with Crippen molar-refractivity contribution in [2.45, 2.75) is 6.10 Å². The molecule has 0 amide bonds. The first-order valence-electron chi connectivity index (χ1n) is 5.24. The highest BCUT2D eigenvalue weighted by Gasteiger charge is 2.10. The number of rotatable bonds is 5. The van der Waals surface area contributed by atoms with Gasteiger partial charge in [0.05, 0.1) is 10.9 Å². The minimum absolute atomic E-state index is 0. The molecule has 1 unspecified atom stereocenters. The molecule has 0 bridgehead atoms. The highest BCUT2D eigenvalue weighted by Crippen LogP contribution is 2.26. The summed E-state index contributed by atoms with van der Waals surface area (Å²) in [5.41, 5.74) is 0. The van der Waals surface area contributed by atoms with Crippen LogP contribution in [0.25, 0.3) is 0 Å². The Morgan fingerprint density at radius 3 is 2.68 bits per heavy atom. The van der Waals surface area contributed by atoms with Crippen molar-refractivity contribution in [1.82, 2.24) is 10.6 Å². The van der Waals surface area contributed by atoms with Crippen molar-refractivity contribution in [1.29, 1.82) is 0 Å². The molecule has 1 rings (SSSR count). The Bertz CT molecular complexity index is 439. The fraction of sp³-hybridized carbons (Fsp3) is 0.364. The van der Waals surface area contributed by atoms with Gasteiger partial charge in [0.2, 0.25) is 0 Å². The lowest BCUT2D eigenvalue weighted by atomic mass is 10.3. The quantitative estimate of drug-likeness (QED) is 0.378. The Morgan fingerprint density at radius 2 is 2.21 bits per heavy atom. The molecule has 0 aliphatic carbocycles. The van der Waals surface area contributed by atoms with Crippen molar-refractivity contribution in [3.63, 3.8) is 0 Å². The second-order valence-corrected chi connectivity index (χ2v) is 5.76. The molecule has 19 heavy (non-hydrogen) atoms. The van der Waals surface area contributed by atoms with E-state index in [4.69, 9.17) is 23.2 Å². The van der Waals surface area contributed by atoms with E-state index in [9.17, 15) is 5.11 Å². The summed E-state index contributed by atoms with van der Waals surface area (Å²) in [4.78, 5) is 4.80. The largest absolute Gasteiger partial charge is 0.386 e. The minimum Gasteiger partial charge on any atom is -0.386 e. The first-order valence-corrected chi connectivity index (χ1v) is 6.81. The molecule has 0 saturated carbocycles.